The predicted molar refractivity (Wildman–Crippen MR) is 55.1 cm³/mol. The van der Waals surface area contributed by atoms with E-state index < -0.39 is 0 Å². The Hall–Kier alpha value is -1.12. The summed E-state index contributed by atoms with van der Waals surface area (Å²) in [5, 5.41) is 0. The molecule has 0 bridgehead atoms. The van der Waals surface area contributed by atoms with Crippen LogP contribution in [0.5, 0.6) is 0 Å². The molecule has 0 aromatic rings. The van der Waals surface area contributed by atoms with Crippen molar-refractivity contribution in [3.05, 3.63) is 12.2 Å². The third-order valence-electron chi connectivity index (χ3n) is 3.50. The van der Waals surface area contributed by atoms with E-state index >= 15 is 0 Å². The van der Waals surface area contributed by atoms with E-state index in [4.69, 9.17) is 4.74 Å². The van der Waals surface area contributed by atoms with Gasteiger partial charge in [-0.3, -0.25) is 9.59 Å². The Labute approximate surface area is 89.5 Å². The molecule has 1 fully saturated rings. The molecule has 1 saturated carbocycles. The summed E-state index contributed by atoms with van der Waals surface area (Å²) in [7, 11) is 1.38. The van der Waals surface area contributed by atoms with Crippen molar-refractivity contribution in [1.29, 1.82) is 0 Å². The number of rotatable bonds is 1. The predicted octanol–water partition coefficient (Wildman–Crippen LogP) is 1.72. The molecule has 3 heteroatoms. The number of fused-ring (bicyclic) bond motifs is 1. The average molecular weight is 208 g/mol. The highest BCUT2D eigenvalue weighted by atomic mass is 16.5. The van der Waals surface area contributed by atoms with Gasteiger partial charge in [0.1, 0.15) is 5.78 Å². The Balaban J connectivity index is 2.11. The second-order valence-corrected chi connectivity index (χ2v) is 4.40. The molecule has 2 rings (SSSR count). The maximum Gasteiger partial charge on any atom is 0.309 e. The second-order valence-electron chi connectivity index (χ2n) is 4.40. The summed E-state index contributed by atoms with van der Waals surface area (Å²) in [6.07, 6.45) is 7.32. The molecule has 0 spiro atoms. The molecule has 0 heterocycles. The molecule has 2 aliphatic rings. The quantitative estimate of drug-likeness (QED) is 0.487. The number of allylic oxidation sites excluding steroid dienone is 2. The SMILES string of the molecule is COC(=O)[C@@H]1CC(=O)[C@@H]2CCC=C[C@@H]2C1. The van der Waals surface area contributed by atoms with Crippen molar-refractivity contribution in [1.82, 2.24) is 0 Å². The Morgan fingerprint density at radius 2 is 2.33 bits per heavy atom. The van der Waals surface area contributed by atoms with Gasteiger partial charge >= 0.3 is 5.97 Å². The summed E-state index contributed by atoms with van der Waals surface area (Å²) in [4.78, 5) is 23.2. The van der Waals surface area contributed by atoms with Crippen LogP contribution in [-0.4, -0.2) is 18.9 Å². The molecule has 3 nitrogen and oxygen atoms in total. The highest BCUT2D eigenvalue weighted by Crippen LogP contribution is 2.37. The van der Waals surface area contributed by atoms with Gasteiger partial charge in [-0.2, -0.15) is 0 Å². The van der Waals surface area contributed by atoms with Crippen molar-refractivity contribution < 1.29 is 14.3 Å². The molecule has 0 aromatic carbocycles. The second kappa shape index (κ2) is 4.17. The summed E-state index contributed by atoms with van der Waals surface area (Å²) in [5.41, 5.74) is 0. The Morgan fingerprint density at radius 1 is 1.53 bits per heavy atom. The fourth-order valence-electron chi connectivity index (χ4n) is 2.69. The standard InChI is InChI=1S/C12H16O3/c1-15-12(14)9-6-8-4-2-3-5-10(8)11(13)7-9/h2,4,8-10H,3,5-7H2,1H3/t8-,9+,10-/m1/s1. The van der Waals surface area contributed by atoms with Crippen LogP contribution < -0.4 is 0 Å². The number of Topliss-reactive ketones (excluding diaryl/α,β-unsaturated/α-hetero) is 1. The molecule has 0 N–H and O–H groups in total. The van der Waals surface area contributed by atoms with Gasteiger partial charge in [-0.15, -0.1) is 0 Å². The van der Waals surface area contributed by atoms with Crippen LogP contribution in [0.25, 0.3) is 0 Å². The van der Waals surface area contributed by atoms with E-state index in [1.165, 1.54) is 7.11 Å². The summed E-state index contributed by atoms with van der Waals surface area (Å²) >= 11 is 0. The van der Waals surface area contributed by atoms with Gasteiger partial charge in [0.2, 0.25) is 0 Å². The van der Waals surface area contributed by atoms with E-state index in [9.17, 15) is 9.59 Å². The molecular formula is C12H16O3. The zero-order valence-corrected chi connectivity index (χ0v) is 8.94. The van der Waals surface area contributed by atoms with E-state index in [2.05, 4.69) is 12.2 Å². The summed E-state index contributed by atoms with van der Waals surface area (Å²) in [6.45, 7) is 0. The first-order valence-electron chi connectivity index (χ1n) is 5.49. The number of ether oxygens (including phenoxy) is 1. The van der Waals surface area contributed by atoms with Gasteiger partial charge in [-0.1, -0.05) is 12.2 Å². The number of carbonyl (C=O) groups excluding carboxylic acids is 2. The fourth-order valence-corrected chi connectivity index (χ4v) is 2.69. The largest absolute Gasteiger partial charge is 0.469 e. The zero-order chi connectivity index (χ0) is 10.8. The number of carbonyl (C=O) groups is 2. The van der Waals surface area contributed by atoms with Crippen LogP contribution in [0.1, 0.15) is 25.7 Å². The first kappa shape index (κ1) is 10.4. The van der Waals surface area contributed by atoms with Crippen LogP contribution in [0.2, 0.25) is 0 Å². The van der Waals surface area contributed by atoms with Gasteiger partial charge in [-0.25, -0.2) is 0 Å². The molecule has 82 valence electrons. The molecule has 0 aromatic heterocycles. The fraction of sp³-hybridized carbons (Fsp3) is 0.667. The Bertz CT molecular complexity index is 306. The lowest BCUT2D eigenvalue weighted by Crippen LogP contribution is -2.36. The molecule has 0 radical (unpaired) electrons. The van der Waals surface area contributed by atoms with E-state index in [1.807, 2.05) is 0 Å². The Kier molecular flexibility index (Phi) is 2.89. The van der Waals surface area contributed by atoms with Gasteiger partial charge < -0.3 is 4.74 Å². The van der Waals surface area contributed by atoms with Gasteiger partial charge in [0.15, 0.2) is 0 Å². The highest BCUT2D eigenvalue weighted by Gasteiger charge is 2.39. The summed E-state index contributed by atoms with van der Waals surface area (Å²) < 4.78 is 4.70. The van der Waals surface area contributed by atoms with E-state index in [0.29, 0.717) is 6.42 Å². The number of ketones is 1. The highest BCUT2D eigenvalue weighted by molar-refractivity contribution is 5.88. The minimum atomic E-state index is -0.235. The van der Waals surface area contributed by atoms with Crippen molar-refractivity contribution in [2.75, 3.05) is 7.11 Å². The van der Waals surface area contributed by atoms with Gasteiger partial charge in [0.25, 0.3) is 0 Å². The van der Waals surface area contributed by atoms with Crippen LogP contribution in [0.4, 0.5) is 0 Å². The van der Waals surface area contributed by atoms with E-state index in [-0.39, 0.29) is 29.5 Å². The van der Waals surface area contributed by atoms with E-state index in [0.717, 1.165) is 19.3 Å². The third kappa shape index (κ3) is 1.96. The maximum atomic E-state index is 11.8. The number of hydrogen-bond acceptors (Lipinski definition) is 3. The van der Waals surface area contributed by atoms with E-state index in [1.54, 1.807) is 0 Å². The number of esters is 1. The van der Waals surface area contributed by atoms with Crippen molar-refractivity contribution in [3.63, 3.8) is 0 Å². The van der Waals surface area contributed by atoms with Gasteiger partial charge in [0.05, 0.1) is 13.0 Å². The molecule has 0 amide bonds. The van der Waals surface area contributed by atoms with Gasteiger partial charge in [-0.05, 0) is 25.2 Å². The number of methoxy groups -OCH3 is 1. The minimum absolute atomic E-state index is 0.163. The lowest BCUT2D eigenvalue weighted by atomic mass is 9.69. The van der Waals surface area contributed by atoms with Crippen LogP contribution in [-0.2, 0) is 14.3 Å². The van der Waals surface area contributed by atoms with Crippen LogP contribution in [0, 0.1) is 17.8 Å². The topological polar surface area (TPSA) is 43.4 Å². The molecule has 15 heavy (non-hydrogen) atoms. The lowest BCUT2D eigenvalue weighted by Gasteiger charge is -2.34. The monoisotopic (exact) mass is 208 g/mol. The lowest BCUT2D eigenvalue weighted by molar-refractivity contribution is -0.150. The molecule has 0 saturated heterocycles. The van der Waals surface area contributed by atoms with Crippen molar-refractivity contribution >= 4 is 11.8 Å². The third-order valence-corrected chi connectivity index (χ3v) is 3.50. The molecule has 3 atom stereocenters. The Morgan fingerprint density at radius 3 is 3.07 bits per heavy atom. The number of hydrogen-bond donors (Lipinski definition) is 0. The minimum Gasteiger partial charge on any atom is -0.469 e. The molecular weight excluding hydrogens is 192 g/mol. The smallest absolute Gasteiger partial charge is 0.309 e. The molecule has 2 aliphatic carbocycles. The summed E-state index contributed by atoms with van der Waals surface area (Å²) in [6, 6.07) is 0. The van der Waals surface area contributed by atoms with Crippen molar-refractivity contribution in [2.24, 2.45) is 17.8 Å². The first-order chi connectivity index (χ1) is 7.22. The molecule has 0 aliphatic heterocycles. The zero-order valence-electron chi connectivity index (χ0n) is 8.94. The first-order valence-corrected chi connectivity index (χ1v) is 5.49. The summed E-state index contributed by atoms with van der Waals surface area (Å²) in [5.74, 6) is 0.221. The van der Waals surface area contributed by atoms with Crippen LogP contribution >= 0.6 is 0 Å². The van der Waals surface area contributed by atoms with Crippen molar-refractivity contribution in [3.8, 4) is 0 Å². The van der Waals surface area contributed by atoms with Gasteiger partial charge in [0, 0.05) is 12.3 Å². The van der Waals surface area contributed by atoms with Crippen LogP contribution in [0.15, 0.2) is 12.2 Å². The van der Waals surface area contributed by atoms with Crippen molar-refractivity contribution in [2.45, 2.75) is 25.7 Å². The average Bonchev–Trinajstić information content (AvgIpc) is 2.28. The maximum absolute atomic E-state index is 11.8. The molecule has 0 unspecified atom stereocenters. The van der Waals surface area contributed by atoms with Crippen LogP contribution in [0.3, 0.4) is 0 Å². The normalized spacial score (nSPS) is 34.7.